The Balaban J connectivity index is 1.65. The van der Waals surface area contributed by atoms with E-state index in [1.807, 2.05) is 18.2 Å². The van der Waals surface area contributed by atoms with Gasteiger partial charge in [-0.25, -0.2) is 0 Å². The van der Waals surface area contributed by atoms with Gasteiger partial charge >= 0.3 is 0 Å². The van der Waals surface area contributed by atoms with Crippen LogP contribution in [0.15, 0.2) is 59.2 Å². The van der Waals surface area contributed by atoms with Gasteiger partial charge in [0.25, 0.3) is 0 Å². The van der Waals surface area contributed by atoms with Crippen LogP contribution in [0.3, 0.4) is 0 Å². The molecule has 0 aliphatic heterocycles. The van der Waals surface area contributed by atoms with Crippen LogP contribution in [0.2, 0.25) is 0 Å². The molecule has 2 fully saturated rings. The predicted molar refractivity (Wildman–Crippen MR) is 123 cm³/mol. The summed E-state index contributed by atoms with van der Waals surface area (Å²) in [6, 6.07) is 8.63. The van der Waals surface area contributed by atoms with Crippen LogP contribution >= 0.6 is 0 Å². The van der Waals surface area contributed by atoms with Gasteiger partial charge in [0.15, 0.2) is 5.78 Å². The minimum absolute atomic E-state index is 0.122. The van der Waals surface area contributed by atoms with E-state index >= 15 is 0 Å². The maximum absolute atomic E-state index is 12.1. The van der Waals surface area contributed by atoms with Gasteiger partial charge in [-0.15, -0.1) is 0 Å². The first-order valence-corrected chi connectivity index (χ1v) is 11.9. The highest BCUT2D eigenvalue weighted by molar-refractivity contribution is 5.93. The number of carbonyl (C=O) groups is 1. The third kappa shape index (κ3) is 3.42. The number of hydrogen-bond acceptors (Lipinski definition) is 3. The summed E-state index contributed by atoms with van der Waals surface area (Å²) < 4.78 is 5.58. The Hall–Kier alpha value is -2.13. The number of aliphatic hydroxyl groups excluding tert-OH is 1. The average Bonchev–Trinajstić information content (AvgIpc) is 3.12. The number of ketones is 1. The predicted octanol–water partition coefficient (Wildman–Crippen LogP) is 5.76. The second kappa shape index (κ2) is 8.09. The number of ether oxygens (including phenoxy) is 1. The molecule has 4 aliphatic rings. The molecule has 3 heteroatoms. The van der Waals surface area contributed by atoms with Crippen molar-refractivity contribution in [3.05, 3.63) is 64.8 Å². The van der Waals surface area contributed by atoms with Crippen molar-refractivity contribution in [2.75, 3.05) is 13.7 Å². The van der Waals surface area contributed by atoms with Crippen LogP contribution in [0.5, 0.6) is 5.75 Å². The largest absolute Gasteiger partial charge is 0.497 e. The summed E-state index contributed by atoms with van der Waals surface area (Å²) in [4.78, 5) is 12.1. The number of benzene rings is 1. The van der Waals surface area contributed by atoms with E-state index in [1.165, 1.54) is 29.6 Å². The lowest BCUT2D eigenvalue weighted by Crippen LogP contribution is -2.43. The van der Waals surface area contributed by atoms with Crippen LogP contribution < -0.4 is 4.74 Å². The maximum Gasteiger partial charge on any atom is 0.156 e. The third-order valence-electron chi connectivity index (χ3n) is 8.77. The molecule has 5 rings (SSSR count). The van der Waals surface area contributed by atoms with E-state index in [0.29, 0.717) is 35.9 Å². The Morgan fingerprint density at radius 2 is 2.06 bits per heavy atom. The molecule has 0 unspecified atom stereocenters. The van der Waals surface area contributed by atoms with Gasteiger partial charge in [-0.1, -0.05) is 36.8 Å². The van der Waals surface area contributed by atoms with Gasteiger partial charge in [-0.05, 0) is 96.6 Å². The summed E-state index contributed by atoms with van der Waals surface area (Å²) in [5, 5.41) is 9.39. The monoisotopic (exact) mass is 418 g/mol. The Morgan fingerprint density at radius 3 is 2.87 bits per heavy atom. The van der Waals surface area contributed by atoms with Crippen molar-refractivity contribution in [1.29, 1.82) is 0 Å². The van der Waals surface area contributed by atoms with Crippen molar-refractivity contribution in [3.63, 3.8) is 0 Å². The van der Waals surface area contributed by atoms with Crippen molar-refractivity contribution in [3.8, 4) is 5.75 Å². The van der Waals surface area contributed by atoms with Crippen molar-refractivity contribution in [1.82, 2.24) is 0 Å². The summed E-state index contributed by atoms with van der Waals surface area (Å²) >= 11 is 0. The summed E-state index contributed by atoms with van der Waals surface area (Å²) in [7, 11) is 1.74. The van der Waals surface area contributed by atoms with E-state index in [1.54, 1.807) is 12.7 Å². The molecule has 1 aromatic rings. The van der Waals surface area contributed by atoms with Crippen LogP contribution in [-0.4, -0.2) is 24.6 Å². The average molecular weight is 419 g/mol. The summed E-state index contributed by atoms with van der Waals surface area (Å²) in [5.74, 6) is 3.39. The van der Waals surface area contributed by atoms with Crippen LogP contribution in [0, 0.1) is 23.2 Å². The van der Waals surface area contributed by atoms with Gasteiger partial charge in [-0.2, -0.15) is 0 Å². The number of methoxy groups -OCH3 is 1. The summed E-state index contributed by atoms with van der Waals surface area (Å²) in [6.07, 6.45) is 13.6. The Bertz CT molecular complexity index is 968. The molecule has 3 nitrogen and oxygen atoms in total. The maximum atomic E-state index is 12.1. The van der Waals surface area contributed by atoms with Gasteiger partial charge in [-0.3, -0.25) is 4.79 Å². The number of rotatable bonds is 4. The number of aliphatic hydroxyl groups is 1. The van der Waals surface area contributed by atoms with Crippen LogP contribution in [-0.2, 0) is 4.79 Å². The molecule has 2 saturated carbocycles. The highest BCUT2D eigenvalue weighted by Crippen LogP contribution is 2.65. The molecule has 0 amide bonds. The smallest absolute Gasteiger partial charge is 0.156 e. The van der Waals surface area contributed by atoms with Gasteiger partial charge in [0.2, 0.25) is 0 Å². The molecule has 0 radical (unpaired) electrons. The molecule has 1 aromatic carbocycles. The third-order valence-corrected chi connectivity index (χ3v) is 8.77. The van der Waals surface area contributed by atoms with E-state index in [2.05, 4.69) is 31.2 Å². The highest BCUT2D eigenvalue weighted by Gasteiger charge is 2.55. The Morgan fingerprint density at radius 1 is 1.19 bits per heavy atom. The van der Waals surface area contributed by atoms with Crippen molar-refractivity contribution in [2.24, 2.45) is 23.2 Å². The lowest BCUT2D eigenvalue weighted by Gasteiger charge is -2.52. The van der Waals surface area contributed by atoms with Crippen molar-refractivity contribution < 1.29 is 14.6 Å². The van der Waals surface area contributed by atoms with Gasteiger partial charge in [0.1, 0.15) is 5.75 Å². The lowest BCUT2D eigenvalue weighted by molar-refractivity contribution is -0.114. The van der Waals surface area contributed by atoms with E-state index in [0.717, 1.165) is 31.4 Å². The number of fused-ring (bicyclic) bond motifs is 4. The molecular weight excluding hydrogens is 384 g/mol. The minimum atomic E-state index is 0.122. The zero-order valence-corrected chi connectivity index (χ0v) is 18.8. The van der Waals surface area contributed by atoms with Crippen LogP contribution in [0.25, 0.3) is 0 Å². The van der Waals surface area contributed by atoms with E-state index in [-0.39, 0.29) is 12.0 Å². The first kappa shape index (κ1) is 20.8. The fourth-order valence-electron chi connectivity index (χ4n) is 7.40. The number of carbonyl (C=O) groups excluding carboxylic acids is 1. The first-order chi connectivity index (χ1) is 15.0. The molecule has 0 bridgehead atoms. The first-order valence-electron chi connectivity index (χ1n) is 11.9. The zero-order chi connectivity index (χ0) is 21.6. The molecule has 0 spiro atoms. The van der Waals surface area contributed by atoms with Crippen molar-refractivity contribution >= 4 is 5.78 Å². The van der Waals surface area contributed by atoms with Gasteiger partial charge in [0, 0.05) is 12.3 Å². The van der Waals surface area contributed by atoms with Crippen LogP contribution in [0.4, 0.5) is 0 Å². The molecule has 0 saturated heterocycles. The molecule has 0 heterocycles. The highest BCUT2D eigenvalue weighted by atomic mass is 16.5. The van der Waals surface area contributed by atoms with Crippen molar-refractivity contribution in [2.45, 2.75) is 57.8 Å². The Kier molecular flexibility index (Phi) is 5.42. The second-order valence-corrected chi connectivity index (χ2v) is 10.2. The van der Waals surface area contributed by atoms with Crippen LogP contribution in [0.1, 0.15) is 63.4 Å². The normalized spacial score (nSPS) is 34.9. The minimum Gasteiger partial charge on any atom is -0.497 e. The van der Waals surface area contributed by atoms with E-state index in [4.69, 9.17) is 4.74 Å². The van der Waals surface area contributed by atoms with Gasteiger partial charge < -0.3 is 9.84 Å². The zero-order valence-electron chi connectivity index (χ0n) is 18.8. The molecular formula is C28H34O3. The molecule has 1 N–H and O–H groups in total. The fourth-order valence-corrected chi connectivity index (χ4v) is 7.40. The Labute approximate surface area is 185 Å². The SMILES string of the molecule is COc1cccc([C@H]2C[C@]3(C)[C@H](C=CCO)CC[C@H]3[C@@H]3CCC4=CC(=O)CCC4=C32)c1. The second-order valence-electron chi connectivity index (χ2n) is 10.2. The number of allylic oxidation sites excluding steroid dienone is 5. The topological polar surface area (TPSA) is 46.5 Å². The standard InChI is InChI=1S/C28H34O3/c1-28-17-25(18-5-3-7-22(16-18)31-2)27-23-12-10-21(30)15-19(23)8-11-24(27)26(28)13-9-20(28)6-4-14-29/h3-7,15-16,20,24-26,29H,8-14,17H2,1-2H3/t20-,24+,25-,26+,28-/m1/s1. The van der Waals surface area contributed by atoms with E-state index in [9.17, 15) is 9.90 Å². The van der Waals surface area contributed by atoms with E-state index < -0.39 is 0 Å². The molecule has 31 heavy (non-hydrogen) atoms. The summed E-state index contributed by atoms with van der Waals surface area (Å²) in [5.41, 5.74) is 6.03. The molecule has 4 aliphatic carbocycles. The molecule has 0 aromatic heterocycles. The lowest BCUT2D eigenvalue weighted by atomic mass is 9.52. The number of hydrogen-bond donors (Lipinski definition) is 1. The van der Waals surface area contributed by atoms with Gasteiger partial charge in [0.05, 0.1) is 13.7 Å². The summed E-state index contributed by atoms with van der Waals surface area (Å²) in [6.45, 7) is 2.62. The molecule has 164 valence electrons. The molecule has 5 atom stereocenters. The quantitative estimate of drug-likeness (QED) is 0.633. The fraction of sp³-hybridized carbons (Fsp3) is 0.536.